The van der Waals surface area contributed by atoms with Gasteiger partial charge in [-0.25, -0.2) is 4.79 Å². The Balaban J connectivity index is 1.72. The van der Waals surface area contributed by atoms with Gasteiger partial charge in [0.05, 0.1) is 11.7 Å². The van der Waals surface area contributed by atoms with Gasteiger partial charge in [-0.15, -0.1) is 0 Å². The molecule has 0 spiro atoms. The predicted molar refractivity (Wildman–Crippen MR) is 92.1 cm³/mol. The van der Waals surface area contributed by atoms with Gasteiger partial charge in [0.1, 0.15) is 0 Å². The summed E-state index contributed by atoms with van der Waals surface area (Å²) in [5.41, 5.74) is 1.25. The number of hydrogen-bond acceptors (Lipinski definition) is 3. The van der Waals surface area contributed by atoms with E-state index in [1.165, 1.54) is 0 Å². The van der Waals surface area contributed by atoms with Crippen molar-refractivity contribution < 1.29 is 19.4 Å². The summed E-state index contributed by atoms with van der Waals surface area (Å²) in [6.45, 7) is 6.58. The summed E-state index contributed by atoms with van der Waals surface area (Å²) in [6, 6.07) is 6.71. The van der Waals surface area contributed by atoms with E-state index in [4.69, 9.17) is 9.84 Å². The first-order valence-corrected chi connectivity index (χ1v) is 8.67. The van der Waals surface area contributed by atoms with Crippen molar-refractivity contribution in [3.05, 3.63) is 35.4 Å². The molecule has 1 aromatic carbocycles. The smallest absolute Gasteiger partial charge is 0.335 e. The van der Waals surface area contributed by atoms with Gasteiger partial charge in [0, 0.05) is 26.1 Å². The highest BCUT2D eigenvalue weighted by atomic mass is 16.5. The van der Waals surface area contributed by atoms with E-state index in [1.807, 2.05) is 4.90 Å². The first kappa shape index (κ1) is 18.5. The van der Waals surface area contributed by atoms with Gasteiger partial charge in [-0.2, -0.15) is 0 Å². The maximum absolute atomic E-state index is 12.3. The van der Waals surface area contributed by atoms with Crippen LogP contribution >= 0.6 is 0 Å². The van der Waals surface area contributed by atoms with E-state index in [0.717, 1.165) is 31.6 Å². The lowest BCUT2D eigenvalue weighted by Crippen LogP contribution is -2.30. The van der Waals surface area contributed by atoms with Crippen LogP contribution in [-0.2, 0) is 16.0 Å². The third-order valence-corrected chi connectivity index (χ3v) is 4.37. The number of ether oxygens (including phenoxy) is 1. The largest absolute Gasteiger partial charge is 0.478 e. The molecule has 1 aliphatic rings. The van der Waals surface area contributed by atoms with Gasteiger partial charge < -0.3 is 14.7 Å². The van der Waals surface area contributed by atoms with Gasteiger partial charge in [0.25, 0.3) is 0 Å². The number of benzene rings is 1. The SMILES string of the molecule is CC(C)CCO[C@H]1CCN(C(=O)CCc2ccc(C(=O)O)cc2)C1. The fourth-order valence-electron chi connectivity index (χ4n) is 2.78. The van der Waals surface area contributed by atoms with Crippen molar-refractivity contribution in [1.29, 1.82) is 0 Å². The van der Waals surface area contributed by atoms with Crippen molar-refractivity contribution >= 4 is 11.9 Å². The number of rotatable bonds is 8. The predicted octanol–water partition coefficient (Wildman–Crippen LogP) is 2.98. The van der Waals surface area contributed by atoms with Gasteiger partial charge >= 0.3 is 5.97 Å². The normalized spacial score (nSPS) is 17.5. The van der Waals surface area contributed by atoms with Crippen LogP contribution < -0.4 is 0 Å². The number of hydrogen-bond donors (Lipinski definition) is 1. The number of nitrogens with zero attached hydrogens (tertiary/aromatic N) is 1. The molecular weight excluding hydrogens is 306 g/mol. The summed E-state index contributed by atoms with van der Waals surface area (Å²) in [5.74, 6) is -0.151. The molecule has 1 amide bonds. The maximum atomic E-state index is 12.3. The quantitative estimate of drug-likeness (QED) is 0.794. The molecule has 0 aromatic heterocycles. The average Bonchev–Trinajstić information content (AvgIpc) is 3.01. The Morgan fingerprint density at radius 3 is 2.62 bits per heavy atom. The lowest BCUT2D eigenvalue weighted by atomic mass is 10.1. The molecule has 1 saturated heterocycles. The van der Waals surface area contributed by atoms with E-state index < -0.39 is 5.97 Å². The van der Waals surface area contributed by atoms with Crippen LogP contribution in [0.1, 0.15) is 49.0 Å². The fraction of sp³-hybridized carbons (Fsp3) is 0.579. The summed E-state index contributed by atoms with van der Waals surface area (Å²) in [4.78, 5) is 25.0. The molecule has 1 atom stereocenters. The zero-order chi connectivity index (χ0) is 17.5. The highest BCUT2D eigenvalue weighted by molar-refractivity contribution is 5.87. The lowest BCUT2D eigenvalue weighted by molar-refractivity contribution is -0.130. The maximum Gasteiger partial charge on any atom is 0.335 e. The van der Waals surface area contributed by atoms with E-state index >= 15 is 0 Å². The topological polar surface area (TPSA) is 66.8 Å². The van der Waals surface area contributed by atoms with E-state index in [-0.39, 0.29) is 17.6 Å². The number of carbonyl (C=O) groups is 2. The molecule has 0 radical (unpaired) electrons. The summed E-state index contributed by atoms with van der Waals surface area (Å²) in [7, 11) is 0. The second kappa shape index (κ2) is 8.83. The third kappa shape index (κ3) is 5.64. The Bertz CT molecular complexity index is 553. The first-order chi connectivity index (χ1) is 11.5. The Kier molecular flexibility index (Phi) is 6.79. The van der Waals surface area contributed by atoms with Crippen LogP contribution in [0.4, 0.5) is 0 Å². The van der Waals surface area contributed by atoms with Crippen LogP contribution in [0.2, 0.25) is 0 Å². The van der Waals surface area contributed by atoms with E-state index in [2.05, 4.69) is 13.8 Å². The highest BCUT2D eigenvalue weighted by Crippen LogP contribution is 2.16. The van der Waals surface area contributed by atoms with Crippen molar-refractivity contribution in [3.8, 4) is 0 Å². The Hall–Kier alpha value is -1.88. The molecule has 0 saturated carbocycles. The number of carbonyl (C=O) groups excluding carboxylic acids is 1. The van der Waals surface area contributed by atoms with Crippen molar-refractivity contribution in [1.82, 2.24) is 4.90 Å². The Morgan fingerprint density at radius 2 is 2.00 bits per heavy atom. The zero-order valence-corrected chi connectivity index (χ0v) is 14.5. The van der Waals surface area contributed by atoms with Crippen LogP contribution in [0.15, 0.2) is 24.3 Å². The summed E-state index contributed by atoms with van der Waals surface area (Å²) in [6.07, 6.45) is 3.22. The van der Waals surface area contributed by atoms with Gasteiger partial charge in [0.2, 0.25) is 5.91 Å². The minimum Gasteiger partial charge on any atom is -0.478 e. The molecule has 1 aliphatic heterocycles. The summed E-state index contributed by atoms with van der Waals surface area (Å²) < 4.78 is 5.84. The Labute approximate surface area is 143 Å². The summed E-state index contributed by atoms with van der Waals surface area (Å²) in [5, 5.41) is 8.88. The van der Waals surface area contributed by atoms with Crippen LogP contribution in [-0.4, -0.2) is 47.7 Å². The van der Waals surface area contributed by atoms with E-state index in [0.29, 0.717) is 25.3 Å². The van der Waals surface area contributed by atoms with Gasteiger partial charge in [0.15, 0.2) is 0 Å². The Morgan fingerprint density at radius 1 is 1.29 bits per heavy atom. The van der Waals surface area contributed by atoms with E-state index in [1.54, 1.807) is 24.3 Å². The van der Waals surface area contributed by atoms with Crippen molar-refractivity contribution in [2.45, 2.75) is 45.6 Å². The number of aromatic carboxylic acids is 1. The van der Waals surface area contributed by atoms with E-state index in [9.17, 15) is 9.59 Å². The van der Waals surface area contributed by atoms with Crippen molar-refractivity contribution in [2.75, 3.05) is 19.7 Å². The van der Waals surface area contributed by atoms with Gasteiger partial charge in [-0.05, 0) is 42.9 Å². The number of likely N-dealkylation sites (tertiary alicyclic amines) is 1. The standard InChI is InChI=1S/C19H27NO4/c1-14(2)10-12-24-17-9-11-20(13-17)18(21)8-5-15-3-6-16(7-4-15)19(22)23/h3-4,6-7,14,17H,5,8-13H2,1-2H3,(H,22,23)/t17-/m0/s1. The first-order valence-electron chi connectivity index (χ1n) is 8.67. The molecule has 5 nitrogen and oxygen atoms in total. The zero-order valence-electron chi connectivity index (χ0n) is 14.5. The highest BCUT2D eigenvalue weighted by Gasteiger charge is 2.26. The molecule has 0 aliphatic carbocycles. The minimum absolute atomic E-state index is 0.146. The second-order valence-corrected chi connectivity index (χ2v) is 6.81. The van der Waals surface area contributed by atoms with Gasteiger partial charge in [-0.1, -0.05) is 26.0 Å². The monoisotopic (exact) mass is 333 g/mol. The molecule has 2 rings (SSSR count). The fourth-order valence-corrected chi connectivity index (χ4v) is 2.78. The molecule has 1 N–H and O–H groups in total. The molecule has 24 heavy (non-hydrogen) atoms. The number of aryl methyl sites for hydroxylation is 1. The third-order valence-electron chi connectivity index (χ3n) is 4.37. The summed E-state index contributed by atoms with van der Waals surface area (Å²) >= 11 is 0. The number of carboxylic acid groups (broad SMARTS) is 1. The van der Waals surface area contributed by atoms with Crippen LogP contribution in [0, 0.1) is 5.92 Å². The number of amides is 1. The molecule has 1 aromatic rings. The molecule has 0 bridgehead atoms. The average molecular weight is 333 g/mol. The lowest BCUT2D eigenvalue weighted by Gasteiger charge is -2.17. The molecule has 132 valence electrons. The molecule has 1 fully saturated rings. The molecule has 0 unspecified atom stereocenters. The van der Waals surface area contributed by atoms with Crippen LogP contribution in [0.5, 0.6) is 0 Å². The molecule has 1 heterocycles. The number of carboxylic acids is 1. The minimum atomic E-state index is -0.932. The molecule has 5 heteroatoms. The second-order valence-electron chi connectivity index (χ2n) is 6.81. The van der Waals surface area contributed by atoms with Crippen molar-refractivity contribution in [3.63, 3.8) is 0 Å². The van der Waals surface area contributed by atoms with Gasteiger partial charge in [-0.3, -0.25) is 4.79 Å². The molecular formula is C19H27NO4. The van der Waals surface area contributed by atoms with Crippen molar-refractivity contribution in [2.24, 2.45) is 5.92 Å². The van der Waals surface area contributed by atoms with Crippen LogP contribution in [0.3, 0.4) is 0 Å². The van der Waals surface area contributed by atoms with Crippen LogP contribution in [0.25, 0.3) is 0 Å².